The van der Waals surface area contributed by atoms with Crippen molar-refractivity contribution in [2.45, 2.75) is 23.2 Å². The number of nitrogens with one attached hydrogen (secondary N) is 2. The fourth-order valence-electron chi connectivity index (χ4n) is 5.84. The van der Waals surface area contributed by atoms with Gasteiger partial charge in [-0.3, -0.25) is 10.2 Å². The first-order valence-corrected chi connectivity index (χ1v) is 19.3. The Balaban J connectivity index is 0.889. The number of aromatic nitrogens is 10. The van der Waals surface area contributed by atoms with Crippen LogP contribution in [0.5, 0.6) is 11.5 Å². The zero-order chi connectivity index (χ0) is 36.7. The van der Waals surface area contributed by atoms with Crippen LogP contribution in [0, 0.1) is 0 Å². The molecule has 0 saturated heterocycles. The first-order valence-electron chi connectivity index (χ1n) is 17.4. The number of methoxy groups -OCH3 is 2. The van der Waals surface area contributed by atoms with Crippen LogP contribution in [0.2, 0.25) is 0 Å². The van der Waals surface area contributed by atoms with E-state index >= 15 is 0 Å². The molecule has 0 aliphatic rings. The number of H-pyrrole nitrogens is 2. The summed E-state index contributed by atoms with van der Waals surface area (Å²) in [7, 11) is 3.32. The van der Waals surface area contributed by atoms with Gasteiger partial charge in [-0.2, -0.15) is 10.2 Å². The maximum absolute atomic E-state index is 5.37. The van der Waals surface area contributed by atoms with Gasteiger partial charge in [-0.25, -0.2) is 19.3 Å². The molecule has 2 N–H and O–H groups in total. The molecule has 4 heterocycles. The van der Waals surface area contributed by atoms with Crippen molar-refractivity contribution < 1.29 is 9.47 Å². The minimum absolute atomic E-state index is 0.672. The second-order valence-electron chi connectivity index (χ2n) is 12.1. The number of benzene rings is 4. The maximum atomic E-state index is 5.37. The van der Waals surface area contributed by atoms with Crippen LogP contribution in [0.15, 0.2) is 132 Å². The largest absolute Gasteiger partial charge is 0.497 e. The minimum Gasteiger partial charge on any atom is -0.497 e. The number of unbranched alkanes of at least 4 members (excludes halogenated alkanes) is 1. The van der Waals surface area contributed by atoms with Crippen molar-refractivity contribution in [2.75, 3.05) is 25.7 Å². The molecule has 14 heteroatoms. The van der Waals surface area contributed by atoms with Crippen LogP contribution in [0.1, 0.15) is 12.8 Å². The Bertz CT molecular complexity index is 2250. The Hall–Kier alpha value is -6.12. The first kappa shape index (κ1) is 34.9. The highest BCUT2D eigenvalue weighted by Crippen LogP contribution is 2.34. The molecule has 8 aromatic rings. The third-order valence-corrected chi connectivity index (χ3v) is 10.5. The molecule has 0 unspecified atom stereocenters. The van der Waals surface area contributed by atoms with Gasteiger partial charge in [-0.05, 0) is 85.6 Å². The van der Waals surface area contributed by atoms with Gasteiger partial charge < -0.3 is 9.47 Å². The summed E-state index contributed by atoms with van der Waals surface area (Å²) in [6.07, 6.45) is 5.97. The number of thioether (sulfide) groups is 2. The summed E-state index contributed by atoms with van der Waals surface area (Å²) in [6.45, 7) is 0. The monoisotopic (exact) mass is 752 g/mol. The van der Waals surface area contributed by atoms with Gasteiger partial charge in [0.15, 0.2) is 11.6 Å². The topological polar surface area (TPSA) is 137 Å². The highest BCUT2D eigenvalue weighted by molar-refractivity contribution is 7.99. The van der Waals surface area contributed by atoms with Crippen molar-refractivity contribution in [1.82, 2.24) is 49.9 Å². The molecule has 0 fully saturated rings. The summed E-state index contributed by atoms with van der Waals surface area (Å²) in [5.41, 5.74) is 7.20. The van der Waals surface area contributed by atoms with Crippen LogP contribution >= 0.6 is 23.5 Å². The number of aromatic amines is 2. The molecule has 8 rings (SSSR count). The van der Waals surface area contributed by atoms with Crippen molar-refractivity contribution in [3.05, 3.63) is 122 Å². The molecule has 0 bridgehead atoms. The van der Waals surface area contributed by atoms with Gasteiger partial charge in [0, 0.05) is 35.0 Å². The van der Waals surface area contributed by atoms with E-state index in [2.05, 4.69) is 20.4 Å². The van der Waals surface area contributed by atoms with Crippen LogP contribution in [0.25, 0.3) is 56.7 Å². The molecule has 0 aliphatic heterocycles. The van der Waals surface area contributed by atoms with Crippen molar-refractivity contribution >= 4 is 23.5 Å². The maximum Gasteiger partial charge on any atom is 0.208 e. The van der Waals surface area contributed by atoms with Crippen molar-refractivity contribution in [2.24, 2.45) is 0 Å². The van der Waals surface area contributed by atoms with E-state index in [1.54, 1.807) is 37.7 Å². The van der Waals surface area contributed by atoms with Crippen LogP contribution in [-0.4, -0.2) is 75.6 Å². The fourth-order valence-corrected chi connectivity index (χ4v) is 7.43. The molecule has 12 nitrogen and oxygen atoms in total. The van der Waals surface area contributed by atoms with Crippen LogP contribution in [-0.2, 0) is 0 Å². The minimum atomic E-state index is 0.672. The summed E-state index contributed by atoms with van der Waals surface area (Å²) < 4.78 is 14.5. The van der Waals surface area contributed by atoms with Gasteiger partial charge >= 0.3 is 0 Å². The molecule has 54 heavy (non-hydrogen) atoms. The number of rotatable bonds is 15. The number of hydrogen-bond donors (Lipinski definition) is 2. The average molecular weight is 753 g/mol. The molecule has 0 saturated carbocycles. The Labute approximate surface area is 320 Å². The lowest BCUT2D eigenvalue weighted by molar-refractivity contribution is 0.415. The normalized spacial score (nSPS) is 11.2. The summed E-state index contributed by atoms with van der Waals surface area (Å²) in [5, 5.41) is 26.6. The van der Waals surface area contributed by atoms with E-state index in [0.29, 0.717) is 22.0 Å². The Morgan fingerprint density at radius 2 is 0.944 bits per heavy atom. The van der Waals surface area contributed by atoms with Gasteiger partial charge in [-0.15, -0.1) is 10.2 Å². The SMILES string of the molecule is COc1ccc(-c2nn(-c3ccccc3)cc2-c2nc(SCCCCSc3n[nH]c(-c4cn(-c5ccccc5)nc4-c4ccc(OC)cc4)n3)n[nH]2)cc1. The highest BCUT2D eigenvalue weighted by Gasteiger charge is 2.20. The van der Waals surface area contributed by atoms with Crippen molar-refractivity contribution in [1.29, 1.82) is 0 Å². The molecule has 4 aromatic heterocycles. The number of hydrogen-bond acceptors (Lipinski definition) is 10. The third kappa shape index (κ3) is 7.80. The van der Waals surface area contributed by atoms with E-state index in [0.717, 1.165) is 80.9 Å². The van der Waals surface area contributed by atoms with E-state index in [1.165, 1.54) is 0 Å². The third-order valence-electron chi connectivity index (χ3n) is 8.64. The molecule has 0 amide bonds. The second kappa shape index (κ2) is 16.3. The van der Waals surface area contributed by atoms with Crippen molar-refractivity contribution in [3.63, 3.8) is 0 Å². The standard InChI is InChI=1S/C40H36N10O2S2/c1-51-31-19-15-27(16-20-31)35-33(25-49(47-35)29-11-5-3-6-12-29)37-41-39(45-43-37)53-23-9-10-24-54-40-42-38(44-46-40)34-26-50(30-13-7-4-8-14-30)48-36(34)28-17-21-32(52-2)22-18-28/h3-8,11-22,25-26H,9-10,23-24H2,1-2H3,(H,41,43,45)(H,42,44,46). The molecular weight excluding hydrogens is 717 g/mol. The molecule has 0 aliphatic carbocycles. The van der Waals surface area contributed by atoms with E-state index in [9.17, 15) is 0 Å². The van der Waals surface area contributed by atoms with Gasteiger partial charge in [-0.1, -0.05) is 59.9 Å². The van der Waals surface area contributed by atoms with Crippen LogP contribution in [0.3, 0.4) is 0 Å². The zero-order valence-electron chi connectivity index (χ0n) is 29.6. The number of para-hydroxylation sites is 2. The Kier molecular flexibility index (Phi) is 10.5. The zero-order valence-corrected chi connectivity index (χ0v) is 31.2. The lowest BCUT2D eigenvalue weighted by atomic mass is 10.1. The molecule has 0 spiro atoms. The van der Waals surface area contributed by atoms with Gasteiger partial charge in [0.1, 0.15) is 22.9 Å². The highest BCUT2D eigenvalue weighted by atomic mass is 32.2. The Morgan fingerprint density at radius 3 is 1.33 bits per heavy atom. The summed E-state index contributed by atoms with van der Waals surface area (Å²) in [5.74, 6) is 4.69. The predicted octanol–water partition coefficient (Wildman–Crippen LogP) is 8.64. The fraction of sp³-hybridized carbons (Fsp3) is 0.150. The van der Waals surface area contributed by atoms with E-state index in [-0.39, 0.29) is 0 Å². The lowest BCUT2D eigenvalue weighted by Gasteiger charge is -2.03. The lowest BCUT2D eigenvalue weighted by Crippen LogP contribution is -1.94. The van der Waals surface area contributed by atoms with Crippen LogP contribution < -0.4 is 9.47 Å². The molecule has 0 radical (unpaired) electrons. The van der Waals surface area contributed by atoms with Gasteiger partial charge in [0.05, 0.1) is 36.7 Å². The number of nitrogens with zero attached hydrogens (tertiary/aromatic N) is 8. The van der Waals surface area contributed by atoms with Crippen LogP contribution in [0.4, 0.5) is 0 Å². The van der Waals surface area contributed by atoms with Gasteiger partial charge in [0.25, 0.3) is 0 Å². The first-order chi connectivity index (χ1) is 26.6. The summed E-state index contributed by atoms with van der Waals surface area (Å²) in [4.78, 5) is 9.68. The Morgan fingerprint density at radius 1 is 0.537 bits per heavy atom. The quantitative estimate of drug-likeness (QED) is 0.0773. The predicted molar refractivity (Wildman–Crippen MR) is 213 cm³/mol. The smallest absolute Gasteiger partial charge is 0.208 e. The van der Waals surface area contributed by atoms with Crippen molar-refractivity contribution in [3.8, 4) is 68.2 Å². The van der Waals surface area contributed by atoms with E-state index in [1.807, 2.05) is 131 Å². The van der Waals surface area contributed by atoms with Gasteiger partial charge in [0.2, 0.25) is 10.3 Å². The summed E-state index contributed by atoms with van der Waals surface area (Å²) >= 11 is 3.27. The summed E-state index contributed by atoms with van der Waals surface area (Å²) in [6, 6.07) is 35.8. The molecular formula is C40H36N10O2S2. The van der Waals surface area contributed by atoms with E-state index in [4.69, 9.17) is 29.6 Å². The molecule has 0 atom stereocenters. The molecule has 4 aromatic carbocycles. The number of ether oxygens (including phenoxy) is 2. The van der Waals surface area contributed by atoms with E-state index < -0.39 is 0 Å². The average Bonchev–Trinajstić information content (AvgIpc) is 4.07. The molecule has 270 valence electrons. The second-order valence-corrected chi connectivity index (χ2v) is 14.3.